The molecule has 3 aromatic rings. The van der Waals surface area contributed by atoms with Gasteiger partial charge in [-0.05, 0) is 45.0 Å². The number of nitrogen functional groups attached to an aromatic ring is 4. The van der Waals surface area contributed by atoms with Crippen LogP contribution in [0, 0.1) is 0 Å². The van der Waals surface area contributed by atoms with Gasteiger partial charge in [-0.25, -0.2) is 4.98 Å². The molecule has 4 rings (SSSR count). The highest BCUT2D eigenvalue weighted by molar-refractivity contribution is 5.89. The van der Waals surface area contributed by atoms with Gasteiger partial charge in [0.2, 0.25) is 5.95 Å². The number of hydrogen-bond donors (Lipinski definition) is 6. The number of fused-ring (bicyclic) bond motifs is 1. The molecule has 0 amide bonds. The Morgan fingerprint density at radius 1 is 1.13 bits per heavy atom. The van der Waals surface area contributed by atoms with Gasteiger partial charge in [0.25, 0.3) is 5.56 Å². The van der Waals surface area contributed by atoms with Gasteiger partial charge in [-0.3, -0.25) is 9.36 Å². The molecule has 1 aliphatic rings. The Morgan fingerprint density at radius 2 is 1.87 bits per heavy atom. The van der Waals surface area contributed by atoms with Crippen molar-refractivity contribution in [2.75, 3.05) is 41.3 Å². The van der Waals surface area contributed by atoms with Crippen LogP contribution < -0.4 is 39.1 Å². The average molecular weight is 410 g/mol. The zero-order valence-electron chi connectivity index (χ0n) is 16.7. The summed E-state index contributed by atoms with van der Waals surface area (Å²) in [5.74, 6) is 0.963. The minimum absolute atomic E-state index is 0.00592. The lowest BCUT2D eigenvalue weighted by Crippen LogP contribution is -2.37. The first kappa shape index (κ1) is 19.7. The van der Waals surface area contributed by atoms with Crippen LogP contribution in [0.1, 0.15) is 37.7 Å². The van der Waals surface area contributed by atoms with E-state index in [0.717, 1.165) is 25.9 Å². The summed E-state index contributed by atoms with van der Waals surface area (Å²) >= 11 is 0. The van der Waals surface area contributed by atoms with Gasteiger partial charge in [-0.15, -0.1) is 0 Å². The van der Waals surface area contributed by atoms with Crippen molar-refractivity contribution in [2.24, 2.45) is 0 Å². The minimum atomic E-state index is -0.408. The van der Waals surface area contributed by atoms with Crippen LogP contribution in [0.3, 0.4) is 0 Å². The summed E-state index contributed by atoms with van der Waals surface area (Å²) in [6.45, 7) is 3.53. The summed E-state index contributed by atoms with van der Waals surface area (Å²) in [5, 5.41) is 6.94. The Hall–Kier alpha value is -3.60. The molecule has 1 saturated heterocycles. The van der Waals surface area contributed by atoms with E-state index in [2.05, 4.69) is 20.6 Å². The molecular weight excluding hydrogens is 384 g/mol. The Labute approximate surface area is 172 Å². The lowest BCUT2D eigenvalue weighted by atomic mass is 10.0. The summed E-state index contributed by atoms with van der Waals surface area (Å²) in [6.07, 6.45) is 1.63. The van der Waals surface area contributed by atoms with Gasteiger partial charge < -0.3 is 33.6 Å². The molecular formula is C19H26N10O. The standard InChI is InChI=1S/C19H26N10O/c1-9(25-16-14(21)15(22)27-19(23)28-16)17-26-12-4-2-3-11(20)13(12)18(30)29(17)10-5-7-24-8-6-10/h2-4,9-10,24H,5-8,20-21H2,1H3,(H5,22,23,25,27,28)/t9-/m0/s1. The minimum Gasteiger partial charge on any atom is -0.398 e. The van der Waals surface area contributed by atoms with Gasteiger partial charge in [0.1, 0.15) is 11.5 Å². The molecule has 0 saturated carbocycles. The van der Waals surface area contributed by atoms with E-state index in [-0.39, 0.29) is 29.1 Å². The number of hydrogen-bond acceptors (Lipinski definition) is 10. The first-order valence-corrected chi connectivity index (χ1v) is 9.83. The van der Waals surface area contributed by atoms with Crippen LogP contribution in [0.4, 0.5) is 29.0 Å². The SMILES string of the molecule is C[C@H](Nc1nc(N)nc(N)c1N)c1nc2cccc(N)c2c(=O)n1C1CCNCC1. The fourth-order valence-electron chi connectivity index (χ4n) is 3.89. The molecule has 3 heterocycles. The maximum absolute atomic E-state index is 13.5. The maximum Gasteiger partial charge on any atom is 0.263 e. The number of nitrogens with zero attached hydrogens (tertiary/aromatic N) is 4. The molecule has 0 radical (unpaired) electrons. The Bertz CT molecular complexity index is 1150. The highest BCUT2D eigenvalue weighted by atomic mass is 16.1. The third kappa shape index (κ3) is 3.43. The second kappa shape index (κ2) is 7.67. The van der Waals surface area contributed by atoms with Crippen LogP contribution >= 0.6 is 0 Å². The molecule has 2 aromatic heterocycles. The fourth-order valence-corrected chi connectivity index (χ4v) is 3.89. The van der Waals surface area contributed by atoms with Crippen molar-refractivity contribution in [1.82, 2.24) is 24.8 Å². The van der Waals surface area contributed by atoms with Crippen molar-refractivity contribution in [3.8, 4) is 0 Å². The van der Waals surface area contributed by atoms with Crippen molar-refractivity contribution in [3.05, 3.63) is 34.4 Å². The topological polar surface area (TPSA) is 189 Å². The quantitative estimate of drug-likeness (QED) is 0.332. The normalized spacial score (nSPS) is 15.9. The van der Waals surface area contributed by atoms with Gasteiger partial charge in [0.15, 0.2) is 11.6 Å². The number of rotatable bonds is 4. The van der Waals surface area contributed by atoms with Crippen LogP contribution in [0.25, 0.3) is 10.9 Å². The van der Waals surface area contributed by atoms with Crippen LogP contribution in [0.15, 0.2) is 23.0 Å². The van der Waals surface area contributed by atoms with Crippen LogP contribution in [-0.2, 0) is 0 Å². The summed E-state index contributed by atoms with van der Waals surface area (Å²) in [6, 6.07) is 4.88. The van der Waals surface area contributed by atoms with E-state index in [1.165, 1.54) is 0 Å². The van der Waals surface area contributed by atoms with Crippen LogP contribution in [0.5, 0.6) is 0 Å². The van der Waals surface area contributed by atoms with Crippen molar-refractivity contribution in [1.29, 1.82) is 0 Å². The molecule has 11 heteroatoms. The predicted molar refractivity (Wildman–Crippen MR) is 119 cm³/mol. The lowest BCUT2D eigenvalue weighted by molar-refractivity contribution is 0.347. The molecule has 0 bridgehead atoms. The van der Waals surface area contributed by atoms with E-state index >= 15 is 0 Å². The highest BCUT2D eigenvalue weighted by Gasteiger charge is 2.25. The first-order valence-electron chi connectivity index (χ1n) is 9.83. The summed E-state index contributed by atoms with van der Waals surface area (Å²) < 4.78 is 1.75. The van der Waals surface area contributed by atoms with E-state index in [1.54, 1.807) is 22.8 Å². The summed E-state index contributed by atoms with van der Waals surface area (Å²) in [5.41, 5.74) is 24.7. The molecule has 30 heavy (non-hydrogen) atoms. The number of benzene rings is 1. The summed E-state index contributed by atoms with van der Waals surface area (Å²) in [4.78, 5) is 26.3. The Balaban J connectivity index is 1.85. The van der Waals surface area contributed by atoms with Crippen molar-refractivity contribution < 1.29 is 0 Å². The monoisotopic (exact) mass is 410 g/mol. The fraction of sp³-hybridized carbons (Fsp3) is 0.368. The molecule has 158 valence electrons. The maximum atomic E-state index is 13.5. The highest BCUT2D eigenvalue weighted by Crippen LogP contribution is 2.29. The molecule has 0 aliphatic carbocycles. The van der Waals surface area contributed by atoms with Crippen LogP contribution in [-0.4, -0.2) is 32.6 Å². The van der Waals surface area contributed by atoms with E-state index in [1.807, 2.05) is 6.92 Å². The number of nitrogens with one attached hydrogen (secondary N) is 2. The van der Waals surface area contributed by atoms with Crippen molar-refractivity contribution in [3.63, 3.8) is 0 Å². The molecule has 1 atom stereocenters. The number of anilines is 5. The van der Waals surface area contributed by atoms with Gasteiger partial charge >= 0.3 is 0 Å². The molecule has 1 fully saturated rings. The third-order valence-electron chi connectivity index (χ3n) is 5.40. The van der Waals surface area contributed by atoms with E-state index < -0.39 is 6.04 Å². The number of piperidine rings is 1. The van der Waals surface area contributed by atoms with Gasteiger partial charge in [0, 0.05) is 11.7 Å². The predicted octanol–water partition coefficient (Wildman–Crippen LogP) is 0.613. The van der Waals surface area contributed by atoms with Gasteiger partial charge in [0.05, 0.1) is 16.9 Å². The van der Waals surface area contributed by atoms with E-state index in [4.69, 9.17) is 27.9 Å². The smallest absolute Gasteiger partial charge is 0.263 e. The zero-order chi connectivity index (χ0) is 21.4. The molecule has 0 spiro atoms. The number of nitrogens with two attached hydrogens (primary N) is 4. The van der Waals surface area contributed by atoms with Crippen molar-refractivity contribution >= 4 is 39.9 Å². The Kier molecular flexibility index (Phi) is 5.04. The lowest BCUT2D eigenvalue weighted by Gasteiger charge is -2.29. The first-order chi connectivity index (χ1) is 14.4. The summed E-state index contributed by atoms with van der Waals surface area (Å²) in [7, 11) is 0. The second-order valence-electron chi connectivity index (χ2n) is 7.46. The zero-order valence-corrected chi connectivity index (χ0v) is 16.7. The molecule has 1 aliphatic heterocycles. The molecule has 0 unspecified atom stereocenters. The molecule has 11 nitrogen and oxygen atoms in total. The molecule has 10 N–H and O–H groups in total. The second-order valence-corrected chi connectivity index (χ2v) is 7.46. The largest absolute Gasteiger partial charge is 0.398 e. The van der Waals surface area contributed by atoms with E-state index in [0.29, 0.717) is 28.2 Å². The van der Waals surface area contributed by atoms with Gasteiger partial charge in [-0.2, -0.15) is 9.97 Å². The van der Waals surface area contributed by atoms with Crippen LogP contribution in [0.2, 0.25) is 0 Å². The third-order valence-corrected chi connectivity index (χ3v) is 5.40. The average Bonchev–Trinajstić information content (AvgIpc) is 2.72. The molecule has 1 aromatic carbocycles. The number of aromatic nitrogens is 4. The van der Waals surface area contributed by atoms with Gasteiger partial charge in [-0.1, -0.05) is 6.07 Å². The van der Waals surface area contributed by atoms with E-state index in [9.17, 15) is 4.79 Å². The van der Waals surface area contributed by atoms with Crippen molar-refractivity contribution in [2.45, 2.75) is 31.8 Å². The Morgan fingerprint density at radius 3 is 2.60 bits per heavy atom.